The number of thiophene rings is 1. The highest BCUT2D eigenvalue weighted by molar-refractivity contribution is 7.20. The number of amides is 1. The lowest BCUT2D eigenvalue weighted by Gasteiger charge is -2.22. The number of benzene rings is 1. The summed E-state index contributed by atoms with van der Waals surface area (Å²) in [6.07, 6.45) is 6.51. The maximum absolute atomic E-state index is 12.9. The van der Waals surface area contributed by atoms with Crippen molar-refractivity contribution in [3.05, 3.63) is 51.6 Å². The summed E-state index contributed by atoms with van der Waals surface area (Å²) in [4.78, 5) is 25.8. The van der Waals surface area contributed by atoms with Gasteiger partial charge >= 0.3 is 0 Å². The molecule has 0 spiro atoms. The van der Waals surface area contributed by atoms with E-state index >= 15 is 0 Å². The lowest BCUT2D eigenvalue weighted by atomic mass is 10.1. The van der Waals surface area contributed by atoms with Crippen LogP contribution in [0.5, 0.6) is 0 Å². The molecule has 0 unspecified atom stereocenters. The number of nitrogens with zero attached hydrogens (tertiary/aromatic N) is 3. The molecule has 2 aromatic heterocycles. The van der Waals surface area contributed by atoms with Crippen LogP contribution in [0.4, 0.5) is 5.82 Å². The van der Waals surface area contributed by atoms with Crippen LogP contribution < -0.4 is 10.2 Å². The van der Waals surface area contributed by atoms with E-state index in [4.69, 9.17) is 11.6 Å². The number of hydrogen-bond donors (Lipinski definition) is 1. The Morgan fingerprint density at radius 2 is 1.93 bits per heavy atom. The number of hydrogen-bond acceptors (Lipinski definition) is 5. The predicted octanol–water partition coefficient (Wildman–Crippen LogP) is 4.96. The van der Waals surface area contributed by atoms with Crippen molar-refractivity contribution in [3.63, 3.8) is 0 Å². The van der Waals surface area contributed by atoms with Crippen LogP contribution in [0.15, 0.2) is 30.6 Å². The fourth-order valence-electron chi connectivity index (χ4n) is 3.69. The monoisotopic (exact) mass is 414 g/mol. The molecule has 0 bridgehead atoms. The van der Waals surface area contributed by atoms with E-state index in [1.807, 2.05) is 31.2 Å². The van der Waals surface area contributed by atoms with E-state index in [0.29, 0.717) is 16.4 Å². The molecule has 0 saturated carbocycles. The first-order chi connectivity index (χ1) is 13.6. The Balaban J connectivity index is 1.61. The second kappa shape index (κ2) is 8.45. The van der Waals surface area contributed by atoms with Crippen molar-refractivity contribution in [2.24, 2.45) is 0 Å². The Morgan fingerprint density at radius 1 is 1.18 bits per heavy atom. The number of rotatable bonds is 4. The molecule has 0 radical (unpaired) electrons. The standard InChI is InChI=1S/C21H23ClN4OS/c1-14-17-19(26-10-6-2-3-7-11-26)24-13-25-21(17)28-18(14)20(27)23-12-15-8-4-5-9-16(15)22/h4-5,8-9,13H,2-3,6-7,10-12H2,1H3,(H,23,27). The average molecular weight is 415 g/mol. The number of nitrogens with one attached hydrogen (secondary N) is 1. The minimum absolute atomic E-state index is 0.0952. The second-order valence-electron chi connectivity index (χ2n) is 7.11. The van der Waals surface area contributed by atoms with E-state index in [9.17, 15) is 4.79 Å². The third-order valence-corrected chi connectivity index (χ3v) is 6.78. The van der Waals surface area contributed by atoms with Gasteiger partial charge in [0.1, 0.15) is 17.0 Å². The largest absolute Gasteiger partial charge is 0.356 e. The molecule has 1 amide bonds. The van der Waals surface area contributed by atoms with Gasteiger partial charge in [-0.1, -0.05) is 42.6 Å². The van der Waals surface area contributed by atoms with Crippen LogP contribution in [-0.2, 0) is 6.54 Å². The lowest BCUT2D eigenvalue weighted by Crippen LogP contribution is -2.25. The first-order valence-electron chi connectivity index (χ1n) is 9.66. The van der Waals surface area contributed by atoms with Gasteiger partial charge in [0.25, 0.3) is 5.91 Å². The highest BCUT2D eigenvalue weighted by atomic mass is 35.5. The zero-order chi connectivity index (χ0) is 19.5. The minimum atomic E-state index is -0.0952. The summed E-state index contributed by atoms with van der Waals surface area (Å²) >= 11 is 7.63. The Bertz CT molecular complexity index is 995. The minimum Gasteiger partial charge on any atom is -0.356 e. The SMILES string of the molecule is Cc1c(C(=O)NCc2ccccc2Cl)sc2ncnc(N3CCCCCC3)c12. The topological polar surface area (TPSA) is 58.1 Å². The molecular formula is C21H23ClN4OS. The summed E-state index contributed by atoms with van der Waals surface area (Å²) in [6, 6.07) is 7.55. The third-order valence-electron chi connectivity index (χ3n) is 5.22. The molecule has 3 heterocycles. The van der Waals surface area contributed by atoms with Gasteiger partial charge < -0.3 is 10.2 Å². The van der Waals surface area contributed by atoms with E-state index in [-0.39, 0.29) is 5.91 Å². The first kappa shape index (κ1) is 19.2. The van der Waals surface area contributed by atoms with Crippen LogP contribution in [0.2, 0.25) is 5.02 Å². The summed E-state index contributed by atoms with van der Waals surface area (Å²) < 4.78 is 0. The normalized spacial score (nSPS) is 14.9. The Labute approximate surface area is 173 Å². The molecule has 0 atom stereocenters. The van der Waals surface area contributed by atoms with Gasteiger partial charge in [0, 0.05) is 24.7 Å². The van der Waals surface area contributed by atoms with Crippen molar-refractivity contribution in [2.45, 2.75) is 39.2 Å². The zero-order valence-corrected chi connectivity index (χ0v) is 17.4. The van der Waals surface area contributed by atoms with E-state index in [0.717, 1.165) is 40.3 Å². The van der Waals surface area contributed by atoms with Crippen molar-refractivity contribution in [1.82, 2.24) is 15.3 Å². The predicted molar refractivity (Wildman–Crippen MR) is 115 cm³/mol. The maximum atomic E-state index is 12.9. The molecule has 1 N–H and O–H groups in total. The molecule has 7 heteroatoms. The van der Waals surface area contributed by atoms with Crippen LogP contribution in [-0.4, -0.2) is 29.0 Å². The van der Waals surface area contributed by atoms with Crippen molar-refractivity contribution in [1.29, 1.82) is 0 Å². The number of halogens is 1. The quantitative estimate of drug-likeness (QED) is 0.655. The lowest BCUT2D eigenvalue weighted by molar-refractivity contribution is 0.0954. The van der Waals surface area contributed by atoms with Gasteiger partial charge in [0.15, 0.2) is 0 Å². The van der Waals surface area contributed by atoms with Crippen LogP contribution in [0.25, 0.3) is 10.2 Å². The van der Waals surface area contributed by atoms with Crippen molar-refractivity contribution in [3.8, 4) is 0 Å². The Morgan fingerprint density at radius 3 is 2.68 bits per heavy atom. The molecule has 5 nitrogen and oxygen atoms in total. The van der Waals surface area contributed by atoms with Gasteiger partial charge in [-0.2, -0.15) is 0 Å². The molecule has 1 aromatic carbocycles. The second-order valence-corrected chi connectivity index (χ2v) is 8.52. The number of carbonyl (C=O) groups is 1. The summed E-state index contributed by atoms with van der Waals surface area (Å²) in [5.74, 6) is 0.869. The molecule has 1 saturated heterocycles. The molecule has 3 aromatic rings. The molecule has 146 valence electrons. The maximum Gasteiger partial charge on any atom is 0.261 e. The van der Waals surface area contributed by atoms with Crippen LogP contribution in [0.1, 0.15) is 46.5 Å². The number of anilines is 1. The van der Waals surface area contributed by atoms with Gasteiger partial charge in [-0.3, -0.25) is 4.79 Å². The van der Waals surface area contributed by atoms with Crippen molar-refractivity contribution in [2.75, 3.05) is 18.0 Å². The van der Waals surface area contributed by atoms with Gasteiger partial charge in [-0.15, -0.1) is 11.3 Å². The zero-order valence-electron chi connectivity index (χ0n) is 15.9. The van der Waals surface area contributed by atoms with Gasteiger partial charge in [-0.25, -0.2) is 9.97 Å². The van der Waals surface area contributed by atoms with E-state index in [2.05, 4.69) is 20.2 Å². The number of aromatic nitrogens is 2. The van der Waals surface area contributed by atoms with E-state index in [1.165, 1.54) is 37.0 Å². The highest BCUT2D eigenvalue weighted by Gasteiger charge is 2.22. The van der Waals surface area contributed by atoms with Crippen molar-refractivity contribution >= 4 is 44.9 Å². The molecule has 1 aliphatic rings. The smallest absolute Gasteiger partial charge is 0.261 e. The fourth-order valence-corrected chi connectivity index (χ4v) is 4.95. The van der Waals surface area contributed by atoms with Crippen LogP contribution in [0, 0.1) is 6.92 Å². The Kier molecular flexibility index (Phi) is 5.78. The van der Waals surface area contributed by atoms with Gasteiger partial charge in [0.05, 0.1) is 10.3 Å². The molecule has 1 fully saturated rings. The number of aryl methyl sites for hydroxylation is 1. The van der Waals surface area contributed by atoms with E-state index in [1.54, 1.807) is 6.33 Å². The summed E-state index contributed by atoms with van der Waals surface area (Å²) in [5, 5.41) is 4.66. The number of fused-ring (bicyclic) bond motifs is 1. The fraction of sp³-hybridized carbons (Fsp3) is 0.381. The average Bonchev–Trinajstić information content (AvgIpc) is 2.88. The van der Waals surface area contributed by atoms with Crippen molar-refractivity contribution < 1.29 is 4.79 Å². The summed E-state index contributed by atoms with van der Waals surface area (Å²) in [5.41, 5.74) is 1.86. The molecule has 0 aliphatic carbocycles. The molecule has 4 rings (SSSR count). The first-order valence-corrected chi connectivity index (χ1v) is 10.8. The number of carbonyl (C=O) groups excluding carboxylic acids is 1. The summed E-state index contributed by atoms with van der Waals surface area (Å²) in [6.45, 7) is 4.41. The molecule has 28 heavy (non-hydrogen) atoms. The molecule has 1 aliphatic heterocycles. The highest BCUT2D eigenvalue weighted by Crippen LogP contribution is 2.35. The van der Waals surface area contributed by atoms with Gasteiger partial charge in [0.2, 0.25) is 0 Å². The van der Waals surface area contributed by atoms with E-state index < -0.39 is 0 Å². The van der Waals surface area contributed by atoms with Gasteiger partial charge in [-0.05, 0) is 37.0 Å². The molecular weight excluding hydrogens is 392 g/mol. The summed E-state index contributed by atoms with van der Waals surface area (Å²) in [7, 11) is 0. The Hall–Kier alpha value is -2.18. The third kappa shape index (κ3) is 3.84. The van der Waals surface area contributed by atoms with Crippen LogP contribution >= 0.6 is 22.9 Å². The van der Waals surface area contributed by atoms with Crippen LogP contribution in [0.3, 0.4) is 0 Å².